The largest absolute Gasteiger partial charge is 0.349 e. The highest BCUT2D eigenvalue weighted by Crippen LogP contribution is 2.29. The van der Waals surface area contributed by atoms with E-state index in [-0.39, 0.29) is 23.2 Å². The van der Waals surface area contributed by atoms with Gasteiger partial charge in [0.25, 0.3) is 17.7 Å². The number of benzene rings is 3. The van der Waals surface area contributed by atoms with Crippen LogP contribution in [0, 0.1) is 6.92 Å². The lowest BCUT2D eigenvalue weighted by Crippen LogP contribution is -2.31. The minimum Gasteiger partial charge on any atom is -0.349 e. The van der Waals surface area contributed by atoms with E-state index < -0.39 is 11.8 Å². The molecule has 0 atom stereocenters. The fourth-order valence-electron chi connectivity index (χ4n) is 3.37. The van der Waals surface area contributed by atoms with Gasteiger partial charge in [0.05, 0.1) is 16.6 Å². The van der Waals surface area contributed by atoms with E-state index in [0.717, 1.165) is 16.0 Å². The van der Waals surface area contributed by atoms with E-state index in [1.54, 1.807) is 43.3 Å². The van der Waals surface area contributed by atoms with Gasteiger partial charge < -0.3 is 10.6 Å². The van der Waals surface area contributed by atoms with Crippen molar-refractivity contribution in [1.82, 2.24) is 4.90 Å². The molecule has 0 aromatic heterocycles. The number of rotatable bonds is 6. The van der Waals surface area contributed by atoms with Crippen LogP contribution in [-0.2, 0) is 16.1 Å². The molecule has 0 unspecified atom stereocenters. The molecule has 0 spiro atoms. The van der Waals surface area contributed by atoms with Crippen LogP contribution < -0.4 is 10.6 Å². The summed E-state index contributed by atoms with van der Waals surface area (Å²) in [5.41, 5.74) is 2.80. The fraction of sp³-hybridized carbons (Fsp3) is 0.0800. The monoisotopic (exact) mass is 513 g/mol. The van der Waals surface area contributed by atoms with Crippen molar-refractivity contribution in [2.45, 2.75) is 13.5 Å². The van der Waals surface area contributed by atoms with Crippen molar-refractivity contribution < 1.29 is 14.4 Å². The number of aryl methyl sites for hydroxylation is 1. The summed E-state index contributed by atoms with van der Waals surface area (Å²) in [6.45, 7) is 1.91. The smallest absolute Gasteiger partial charge is 0.279 e. The molecule has 6 nitrogen and oxygen atoms in total. The summed E-state index contributed by atoms with van der Waals surface area (Å²) in [4.78, 5) is 39.4. The number of hydrogen-bond donors (Lipinski definition) is 2. The molecule has 172 valence electrons. The van der Waals surface area contributed by atoms with Gasteiger partial charge in [0.1, 0.15) is 10.7 Å². The first-order valence-corrected chi connectivity index (χ1v) is 11.3. The quantitative estimate of drug-likeness (QED) is 0.396. The number of nitrogens with zero attached hydrogens (tertiary/aromatic N) is 1. The molecule has 0 saturated carbocycles. The van der Waals surface area contributed by atoms with Crippen LogP contribution in [0.15, 0.2) is 77.5 Å². The number of anilines is 2. The molecule has 3 aromatic rings. The Morgan fingerprint density at radius 3 is 2.32 bits per heavy atom. The van der Waals surface area contributed by atoms with Crippen LogP contribution in [0.2, 0.25) is 10.0 Å². The standard InChI is InChI=1S/C25H18Cl3N3O3/c1-14-7-8-16(23(32)29-17-9-10-18(26)19(27)12-17)11-20(14)30-22-21(28)24(33)31(25(22)34)13-15-5-3-2-4-6-15/h2-12,30H,13H2,1H3,(H,29,32). The molecule has 4 rings (SSSR count). The molecule has 0 bridgehead atoms. The maximum Gasteiger partial charge on any atom is 0.279 e. The summed E-state index contributed by atoms with van der Waals surface area (Å²) < 4.78 is 0. The highest BCUT2D eigenvalue weighted by molar-refractivity contribution is 6.48. The molecule has 0 saturated heterocycles. The van der Waals surface area contributed by atoms with E-state index in [2.05, 4.69) is 10.6 Å². The Kier molecular flexibility index (Phi) is 6.93. The summed E-state index contributed by atoms with van der Waals surface area (Å²) >= 11 is 18.2. The lowest BCUT2D eigenvalue weighted by atomic mass is 10.1. The third kappa shape index (κ3) is 4.94. The molecular formula is C25H18Cl3N3O3. The highest BCUT2D eigenvalue weighted by Gasteiger charge is 2.38. The molecule has 0 radical (unpaired) electrons. The molecule has 0 fully saturated rings. The van der Waals surface area contributed by atoms with Crippen molar-refractivity contribution >= 4 is 63.9 Å². The second kappa shape index (κ2) is 9.89. The topological polar surface area (TPSA) is 78.5 Å². The number of carbonyl (C=O) groups excluding carboxylic acids is 3. The number of hydrogen-bond acceptors (Lipinski definition) is 4. The van der Waals surface area contributed by atoms with Gasteiger partial charge in [-0.15, -0.1) is 0 Å². The van der Waals surface area contributed by atoms with E-state index >= 15 is 0 Å². The van der Waals surface area contributed by atoms with Crippen LogP contribution in [0.4, 0.5) is 11.4 Å². The second-order valence-corrected chi connectivity index (χ2v) is 8.80. The zero-order chi connectivity index (χ0) is 24.4. The average molecular weight is 515 g/mol. The lowest BCUT2D eigenvalue weighted by molar-refractivity contribution is -0.138. The van der Waals surface area contributed by atoms with E-state index in [0.29, 0.717) is 27.0 Å². The summed E-state index contributed by atoms with van der Waals surface area (Å²) in [6, 6.07) is 18.9. The SMILES string of the molecule is Cc1ccc(C(=O)Nc2ccc(Cl)c(Cl)c2)cc1NC1=C(Cl)C(=O)N(Cc2ccccc2)C1=O. The first-order chi connectivity index (χ1) is 16.2. The van der Waals surface area contributed by atoms with E-state index in [1.807, 2.05) is 30.3 Å². The van der Waals surface area contributed by atoms with Crippen LogP contribution in [0.5, 0.6) is 0 Å². The highest BCUT2D eigenvalue weighted by atomic mass is 35.5. The number of nitrogens with one attached hydrogen (secondary N) is 2. The van der Waals surface area contributed by atoms with Crippen LogP contribution in [-0.4, -0.2) is 22.6 Å². The summed E-state index contributed by atoms with van der Waals surface area (Å²) in [6.07, 6.45) is 0. The van der Waals surface area contributed by atoms with Crippen molar-refractivity contribution in [3.05, 3.63) is 104 Å². The normalized spacial score (nSPS) is 13.5. The van der Waals surface area contributed by atoms with E-state index in [1.165, 1.54) is 0 Å². The first kappa shape index (κ1) is 23.8. The van der Waals surface area contributed by atoms with Gasteiger partial charge in [0.15, 0.2) is 0 Å². The molecule has 2 N–H and O–H groups in total. The van der Waals surface area contributed by atoms with Gasteiger partial charge in [-0.2, -0.15) is 0 Å². The van der Waals surface area contributed by atoms with Gasteiger partial charge in [-0.05, 0) is 48.4 Å². The lowest BCUT2D eigenvalue weighted by Gasteiger charge is -2.16. The van der Waals surface area contributed by atoms with Crippen LogP contribution in [0.3, 0.4) is 0 Å². The van der Waals surface area contributed by atoms with Gasteiger partial charge in [-0.25, -0.2) is 0 Å². The van der Waals surface area contributed by atoms with Gasteiger partial charge in [-0.1, -0.05) is 71.2 Å². The Labute approximate surface area is 211 Å². The molecular weight excluding hydrogens is 497 g/mol. The molecule has 1 aliphatic heterocycles. The van der Waals surface area contributed by atoms with Gasteiger partial charge in [-0.3, -0.25) is 19.3 Å². The van der Waals surface area contributed by atoms with Crippen molar-refractivity contribution in [2.75, 3.05) is 10.6 Å². The zero-order valence-corrected chi connectivity index (χ0v) is 20.1. The summed E-state index contributed by atoms with van der Waals surface area (Å²) in [5, 5.41) is 6.19. The summed E-state index contributed by atoms with van der Waals surface area (Å²) in [5.74, 6) is -1.51. The number of imide groups is 1. The van der Waals surface area contributed by atoms with Crippen molar-refractivity contribution in [1.29, 1.82) is 0 Å². The van der Waals surface area contributed by atoms with Crippen molar-refractivity contribution in [3.8, 4) is 0 Å². The van der Waals surface area contributed by atoms with Gasteiger partial charge >= 0.3 is 0 Å². The molecule has 34 heavy (non-hydrogen) atoms. The summed E-state index contributed by atoms with van der Waals surface area (Å²) in [7, 11) is 0. The maximum absolute atomic E-state index is 13.0. The third-order valence-electron chi connectivity index (χ3n) is 5.23. The average Bonchev–Trinajstić information content (AvgIpc) is 3.01. The van der Waals surface area contributed by atoms with Crippen LogP contribution in [0.1, 0.15) is 21.5 Å². The predicted molar refractivity (Wildman–Crippen MR) is 134 cm³/mol. The Bertz CT molecular complexity index is 1340. The second-order valence-electron chi connectivity index (χ2n) is 7.61. The Morgan fingerprint density at radius 1 is 0.882 bits per heavy atom. The third-order valence-corrected chi connectivity index (χ3v) is 6.32. The number of amides is 3. The van der Waals surface area contributed by atoms with Crippen molar-refractivity contribution in [2.24, 2.45) is 0 Å². The molecule has 1 aliphatic rings. The minimum absolute atomic E-state index is 0.0345. The van der Waals surface area contributed by atoms with Gasteiger partial charge in [0.2, 0.25) is 0 Å². The van der Waals surface area contributed by atoms with Gasteiger partial charge in [0, 0.05) is 16.9 Å². The molecule has 3 amide bonds. The first-order valence-electron chi connectivity index (χ1n) is 10.2. The predicted octanol–water partition coefficient (Wildman–Crippen LogP) is 5.99. The van der Waals surface area contributed by atoms with Crippen LogP contribution >= 0.6 is 34.8 Å². The van der Waals surface area contributed by atoms with E-state index in [9.17, 15) is 14.4 Å². The van der Waals surface area contributed by atoms with Crippen molar-refractivity contribution in [3.63, 3.8) is 0 Å². The molecule has 0 aliphatic carbocycles. The molecule has 1 heterocycles. The zero-order valence-electron chi connectivity index (χ0n) is 17.9. The van der Waals surface area contributed by atoms with E-state index in [4.69, 9.17) is 34.8 Å². The molecule has 3 aromatic carbocycles. The molecule has 9 heteroatoms. The number of carbonyl (C=O) groups is 3. The number of halogens is 3. The Balaban J connectivity index is 1.53. The maximum atomic E-state index is 13.0. The van der Waals surface area contributed by atoms with Crippen LogP contribution in [0.25, 0.3) is 0 Å². The fourth-order valence-corrected chi connectivity index (χ4v) is 3.90. The minimum atomic E-state index is -0.579. The Hall–Kier alpha value is -3.32. The Morgan fingerprint density at radius 2 is 1.62 bits per heavy atom.